The van der Waals surface area contributed by atoms with Crippen LogP contribution >= 0.6 is 46.6 Å². The molecule has 0 aliphatic carbocycles. The van der Waals surface area contributed by atoms with Crippen molar-refractivity contribution in [1.82, 2.24) is 0 Å². The van der Waals surface area contributed by atoms with E-state index in [0.29, 0.717) is 27.9 Å². The molecule has 0 aromatic heterocycles. The third kappa shape index (κ3) is 5.88. The van der Waals surface area contributed by atoms with Gasteiger partial charge in [-0.3, -0.25) is 4.79 Å². The molecule has 0 aliphatic heterocycles. The Balaban J connectivity index is 1.74. The Morgan fingerprint density at radius 3 is 2.52 bits per heavy atom. The lowest BCUT2D eigenvalue weighted by atomic mass is 10.2. The van der Waals surface area contributed by atoms with Gasteiger partial charge in [-0.15, -0.1) is 0 Å². The van der Waals surface area contributed by atoms with Crippen molar-refractivity contribution in [1.29, 1.82) is 0 Å². The average Bonchev–Trinajstić information content (AvgIpc) is 2.51. The van der Waals surface area contributed by atoms with E-state index in [1.165, 1.54) is 18.2 Å². The molecule has 1 N–H and O–H groups in total. The van der Waals surface area contributed by atoms with E-state index >= 15 is 0 Å². The summed E-state index contributed by atoms with van der Waals surface area (Å²) in [6.45, 7) is 0. The van der Waals surface area contributed by atoms with Crippen LogP contribution in [0.1, 0.15) is 12.0 Å². The van der Waals surface area contributed by atoms with Crippen molar-refractivity contribution >= 4 is 58.2 Å². The lowest BCUT2D eigenvalue weighted by molar-refractivity contribution is -0.115. The highest BCUT2D eigenvalue weighted by molar-refractivity contribution is 7.98. The number of anilines is 1. The van der Waals surface area contributed by atoms with Crippen molar-refractivity contribution in [3.05, 3.63) is 62.8 Å². The molecule has 0 saturated carbocycles. The van der Waals surface area contributed by atoms with Crippen LogP contribution in [0.15, 0.2) is 36.4 Å². The fourth-order valence-electron chi connectivity index (χ4n) is 1.78. The van der Waals surface area contributed by atoms with Gasteiger partial charge in [-0.05, 0) is 35.9 Å². The smallest absolute Gasteiger partial charge is 0.225 e. The number of nitrogens with one attached hydrogen (secondary N) is 1. The van der Waals surface area contributed by atoms with E-state index in [1.807, 2.05) is 12.1 Å². The molecule has 0 bridgehead atoms. The Kier molecular flexibility index (Phi) is 7.03. The standard InChI is InChI=1S/C16H13Cl3FNOS/c17-12-3-1-10(7-13(12)18)9-23-6-5-16(22)21-11-2-4-15(20)14(19)8-11/h1-4,7-8H,5-6,9H2,(H,21,22). The summed E-state index contributed by atoms with van der Waals surface area (Å²) >= 11 is 19.1. The van der Waals surface area contributed by atoms with Gasteiger partial charge in [-0.1, -0.05) is 40.9 Å². The molecule has 2 aromatic rings. The molecule has 0 fully saturated rings. The zero-order chi connectivity index (χ0) is 16.8. The molecule has 1 amide bonds. The molecule has 0 aliphatic rings. The second kappa shape index (κ2) is 8.78. The summed E-state index contributed by atoms with van der Waals surface area (Å²) in [4.78, 5) is 11.8. The first-order chi connectivity index (χ1) is 11.0. The van der Waals surface area contributed by atoms with Gasteiger partial charge < -0.3 is 5.32 Å². The maximum atomic E-state index is 13.0. The summed E-state index contributed by atoms with van der Waals surface area (Å²) in [6.07, 6.45) is 0.348. The predicted octanol–water partition coefficient (Wildman–Crippen LogP) is 6.05. The number of rotatable bonds is 6. The number of benzene rings is 2. The topological polar surface area (TPSA) is 29.1 Å². The molecule has 0 radical (unpaired) electrons. The number of hydrogen-bond acceptors (Lipinski definition) is 2. The molecular formula is C16H13Cl3FNOS. The van der Waals surface area contributed by atoms with E-state index in [2.05, 4.69) is 5.32 Å². The molecule has 7 heteroatoms. The van der Waals surface area contributed by atoms with E-state index in [4.69, 9.17) is 34.8 Å². The van der Waals surface area contributed by atoms with Crippen LogP contribution in [0, 0.1) is 5.82 Å². The second-order valence-corrected chi connectivity index (χ2v) is 7.05. The van der Waals surface area contributed by atoms with E-state index in [-0.39, 0.29) is 10.9 Å². The molecule has 0 spiro atoms. The summed E-state index contributed by atoms with van der Waals surface area (Å²) in [5, 5.41) is 3.72. The van der Waals surface area contributed by atoms with Crippen LogP contribution in [-0.2, 0) is 10.5 Å². The van der Waals surface area contributed by atoms with Crippen LogP contribution in [0.25, 0.3) is 0 Å². The molecule has 122 valence electrons. The van der Waals surface area contributed by atoms with Crippen molar-refractivity contribution in [2.24, 2.45) is 0 Å². The lowest BCUT2D eigenvalue weighted by Gasteiger charge is -2.06. The fraction of sp³-hybridized carbons (Fsp3) is 0.188. The first kappa shape index (κ1) is 18.4. The Labute approximate surface area is 153 Å². The zero-order valence-corrected chi connectivity index (χ0v) is 15.0. The van der Waals surface area contributed by atoms with Crippen molar-refractivity contribution in [2.45, 2.75) is 12.2 Å². The van der Waals surface area contributed by atoms with Gasteiger partial charge in [0.15, 0.2) is 0 Å². The van der Waals surface area contributed by atoms with Crippen LogP contribution in [0.2, 0.25) is 15.1 Å². The van der Waals surface area contributed by atoms with Gasteiger partial charge in [0.2, 0.25) is 5.91 Å². The van der Waals surface area contributed by atoms with Crippen LogP contribution in [0.3, 0.4) is 0 Å². The third-order valence-electron chi connectivity index (χ3n) is 2.93. The van der Waals surface area contributed by atoms with Crippen molar-refractivity contribution < 1.29 is 9.18 Å². The Morgan fingerprint density at radius 2 is 1.83 bits per heavy atom. The Morgan fingerprint density at radius 1 is 1.04 bits per heavy atom. The van der Waals surface area contributed by atoms with Crippen LogP contribution in [0.4, 0.5) is 10.1 Å². The van der Waals surface area contributed by atoms with E-state index in [9.17, 15) is 9.18 Å². The molecule has 0 heterocycles. The number of amides is 1. The molecule has 2 nitrogen and oxygen atoms in total. The number of carbonyl (C=O) groups is 1. The van der Waals surface area contributed by atoms with E-state index < -0.39 is 5.82 Å². The van der Waals surface area contributed by atoms with Gasteiger partial charge in [0, 0.05) is 23.6 Å². The monoisotopic (exact) mass is 391 g/mol. The molecule has 0 saturated heterocycles. The zero-order valence-electron chi connectivity index (χ0n) is 11.9. The van der Waals surface area contributed by atoms with Gasteiger partial charge in [-0.25, -0.2) is 4.39 Å². The minimum atomic E-state index is -0.512. The largest absolute Gasteiger partial charge is 0.326 e. The Hall–Kier alpha value is -0.940. The maximum absolute atomic E-state index is 13.0. The average molecular weight is 393 g/mol. The first-order valence-corrected chi connectivity index (χ1v) is 9.01. The van der Waals surface area contributed by atoms with Crippen molar-refractivity contribution in [3.63, 3.8) is 0 Å². The van der Waals surface area contributed by atoms with Crippen LogP contribution in [-0.4, -0.2) is 11.7 Å². The second-order valence-electron chi connectivity index (χ2n) is 4.73. The van der Waals surface area contributed by atoms with Crippen LogP contribution < -0.4 is 5.32 Å². The van der Waals surface area contributed by atoms with Crippen molar-refractivity contribution in [3.8, 4) is 0 Å². The highest BCUT2D eigenvalue weighted by Crippen LogP contribution is 2.25. The molecule has 2 aromatic carbocycles. The predicted molar refractivity (Wildman–Crippen MR) is 97.3 cm³/mol. The molecule has 2 rings (SSSR count). The van der Waals surface area contributed by atoms with E-state index in [0.717, 1.165) is 11.3 Å². The quantitative estimate of drug-likeness (QED) is 0.606. The SMILES string of the molecule is O=C(CCSCc1ccc(Cl)c(Cl)c1)Nc1ccc(F)c(Cl)c1. The van der Waals surface area contributed by atoms with Gasteiger partial charge in [0.1, 0.15) is 5.82 Å². The number of carbonyl (C=O) groups excluding carboxylic acids is 1. The highest BCUT2D eigenvalue weighted by atomic mass is 35.5. The van der Waals surface area contributed by atoms with Gasteiger partial charge in [0.25, 0.3) is 0 Å². The summed E-state index contributed by atoms with van der Waals surface area (Å²) < 4.78 is 13.0. The molecule has 0 atom stereocenters. The maximum Gasteiger partial charge on any atom is 0.225 e. The minimum Gasteiger partial charge on any atom is -0.326 e. The number of hydrogen-bond donors (Lipinski definition) is 1. The van der Waals surface area contributed by atoms with Gasteiger partial charge in [0.05, 0.1) is 15.1 Å². The summed E-state index contributed by atoms with van der Waals surface area (Å²) in [7, 11) is 0. The van der Waals surface area contributed by atoms with Crippen molar-refractivity contribution in [2.75, 3.05) is 11.1 Å². The Bertz CT molecular complexity index is 712. The molecule has 0 unspecified atom stereocenters. The fourth-order valence-corrected chi connectivity index (χ4v) is 3.17. The molecular weight excluding hydrogens is 380 g/mol. The molecule has 23 heavy (non-hydrogen) atoms. The summed E-state index contributed by atoms with van der Waals surface area (Å²) in [5.41, 5.74) is 1.53. The summed E-state index contributed by atoms with van der Waals surface area (Å²) in [5.74, 6) is 0.740. The normalized spacial score (nSPS) is 10.6. The van der Waals surface area contributed by atoms with E-state index in [1.54, 1.807) is 17.8 Å². The number of halogens is 4. The third-order valence-corrected chi connectivity index (χ3v) is 4.99. The minimum absolute atomic E-state index is 0.0169. The first-order valence-electron chi connectivity index (χ1n) is 6.72. The van der Waals surface area contributed by atoms with Gasteiger partial charge >= 0.3 is 0 Å². The highest BCUT2D eigenvalue weighted by Gasteiger charge is 2.06. The lowest BCUT2D eigenvalue weighted by Crippen LogP contribution is -2.12. The van der Waals surface area contributed by atoms with Crippen LogP contribution in [0.5, 0.6) is 0 Å². The number of thioether (sulfide) groups is 1. The van der Waals surface area contributed by atoms with Gasteiger partial charge in [-0.2, -0.15) is 11.8 Å². The summed E-state index contributed by atoms with van der Waals surface area (Å²) in [6, 6.07) is 9.56.